The van der Waals surface area contributed by atoms with Crippen LogP contribution in [0.25, 0.3) is 10.2 Å². The second kappa shape index (κ2) is 3.49. The van der Waals surface area contributed by atoms with Crippen LogP contribution < -0.4 is 0 Å². The number of hydrogen-bond acceptors (Lipinski definition) is 6. The van der Waals surface area contributed by atoms with Gasteiger partial charge in [0.2, 0.25) is 14.2 Å². The van der Waals surface area contributed by atoms with Crippen LogP contribution in [0.15, 0.2) is 22.5 Å². The Hall–Kier alpha value is -1.54. The molecule has 0 aliphatic heterocycles. The smallest absolute Gasteiger partial charge is 0.258 e. The van der Waals surface area contributed by atoms with E-state index in [1.807, 2.05) is 0 Å². The van der Waals surface area contributed by atoms with Crippen molar-refractivity contribution < 1.29 is 13.3 Å². The van der Waals surface area contributed by atoms with Crippen molar-refractivity contribution in [2.75, 3.05) is 6.26 Å². The lowest BCUT2D eigenvalue weighted by molar-refractivity contribution is -0.383. The van der Waals surface area contributed by atoms with Gasteiger partial charge >= 0.3 is 0 Å². The summed E-state index contributed by atoms with van der Waals surface area (Å²) < 4.78 is 22.9. The van der Waals surface area contributed by atoms with E-state index in [1.54, 1.807) is 6.07 Å². The third kappa shape index (κ3) is 1.76. The molecule has 0 aliphatic rings. The normalized spacial score (nSPS) is 11.8. The Balaban J connectivity index is 2.81. The summed E-state index contributed by atoms with van der Waals surface area (Å²) in [6, 6.07) is 4.41. The van der Waals surface area contributed by atoms with Crippen molar-refractivity contribution in [2.24, 2.45) is 0 Å². The molecule has 1 aromatic heterocycles. The van der Waals surface area contributed by atoms with Crippen LogP contribution in [-0.2, 0) is 9.84 Å². The van der Waals surface area contributed by atoms with Gasteiger partial charge in [-0.2, -0.15) is 0 Å². The molecule has 2 aromatic rings. The van der Waals surface area contributed by atoms with E-state index in [9.17, 15) is 18.5 Å². The maximum Gasteiger partial charge on any atom is 0.296 e. The summed E-state index contributed by atoms with van der Waals surface area (Å²) >= 11 is 0.932. The lowest BCUT2D eigenvalue weighted by Crippen LogP contribution is -1.95. The molecule has 16 heavy (non-hydrogen) atoms. The van der Waals surface area contributed by atoms with E-state index < -0.39 is 14.8 Å². The predicted octanol–water partition coefficient (Wildman–Crippen LogP) is 1.61. The standard InChI is InChI=1S/C8H6N2O4S2/c1-16(13,14)8-9-7-5(10(11)12)3-2-4-6(7)15-8/h2-4H,1H3. The van der Waals surface area contributed by atoms with E-state index in [0.717, 1.165) is 17.6 Å². The van der Waals surface area contributed by atoms with Crippen molar-refractivity contribution >= 4 is 37.1 Å². The summed E-state index contributed by atoms with van der Waals surface area (Å²) in [7, 11) is -3.42. The fraction of sp³-hybridized carbons (Fsp3) is 0.125. The fourth-order valence-electron chi connectivity index (χ4n) is 1.22. The second-order valence-corrected chi connectivity index (χ2v) is 6.35. The molecule has 2 rings (SSSR count). The monoisotopic (exact) mass is 258 g/mol. The van der Waals surface area contributed by atoms with Crippen LogP contribution in [-0.4, -0.2) is 24.6 Å². The number of nitro benzene ring substituents is 1. The highest BCUT2D eigenvalue weighted by Crippen LogP contribution is 2.31. The van der Waals surface area contributed by atoms with Gasteiger partial charge in [0.05, 0.1) is 9.62 Å². The van der Waals surface area contributed by atoms with Crippen molar-refractivity contribution in [3.8, 4) is 0 Å². The zero-order valence-electron chi connectivity index (χ0n) is 8.08. The van der Waals surface area contributed by atoms with Gasteiger partial charge in [0.15, 0.2) is 5.52 Å². The Bertz CT molecular complexity index is 674. The molecule has 0 radical (unpaired) electrons. The van der Waals surface area contributed by atoms with Crippen LogP contribution in [0.1, 0.15) is 0 Å². The zero-order chi connectivity index (χ0) is 11.9. The summed E-state index contributed by atoms with van der Waals surface area (Å²) in [6.07, 6.45) is 1.02. The van der Waals surface area contributed by atoms with Crippen molar-refractivity contribution in [3.63, 3.8) is 0 Å². The molecule has 0 spiro atoms. The van der Waals surface area contributed by atoms with Gasteiger partial charge in [0.25, 0.3) is 5.69 Å². The first kappa shape index (κ1) is 11.0. The van der Waals surface area contributed by atoms with Gasteiger partial charge in [-0.3, -0.25) is 10.1 Å². The molecule has 8 heteroatoms. The van der Waals surface area contributed by atoms with Crippen LogP contribution in [0.5, 0.6) is 0 Å². The number of benzene rings is 1. The molecule has 0 amide bonds. The number of nitrogens with zero attached hydrogens (tertiary/aromatic N) is 2. The summed E-state index contributed by atoms with van der Waals surface area (Å²) in [5, 5.41) is 10.7. The Morgan fingerprint density at radius 2 is 2.12 bits per heavy atom. The molecule has 1 heterocycles. The average Bonchev–Trinajstić information content (AvgIpc) is 2.59. The van der Waals surface area contributed by atoms with Gasteiger partial charge in [0, 0.05) is 12.3 Å². The Morgan fingerprint density at radius 1 is 1.44 bits per heavy atom. The largest absolute Gasteiger partial charge is 0.296 e. The molecule has 0 N–H and O–H groups in total. The molecule has 0 fully saturated rings. The molecular formula is C8H6N2O4S2. The predicted molar refractivity (Wildman–Crippen MR) is 59.4 cm³/mol. The van der Waals surface area contributed by atoms with Gasteiger partial charge in [-0.05, 0) is 6.07 Å². The number of para-hydroxylation sites is 1. The molecule has 1 aromatic carbocycles. The van der Waals surface area contributed by atoms with Crippen LogP contribution >= 0.6 is 11.3 Å². The number of sulfone groups is 1. The molecule has 6 nitrogen and oxygen atoms in total. The molecular weight excluding hydrogens is 252 g/mol. The first-order chi connectivity index (χ1) is 7.39. The second-order valence-electron chi connectivity index (χ2n) is 3.13. The molecule has 84 valence electrons. The fourth-order valence-corrected chi connectivity index (χ4v) is 3.07. The molecule has 0 unspecified atom stereocenters. The molecule has 0 bridgehead atoms. The van der Waals surface area contributed by atoms with Gasteiger partial charge in [-0.1, -0.05) is 6.07 Å². The number of non-ortho nitro benzene ring substituents is 1. The number of aromatic nitrogens is 1. The van der Waals surface area contributed by atoms with Gasteiger partial charge in [-0.15, -0.1) is 11.3 Å². The van der Waals surface area contributed by atoms with Crippen LogP contribution in [0.2, 0.25) is 0 Å². The van der Waals surface area contributed by atoms with E-state index in [4.69, 9.17) is 0 Å². The number of nitro groups is 1. The Kier molecular flexibility index (Phi) is 2.39. The van der Waals surface area contributed by atoms with Crippen molar-refractivity contribution in [1.29, 1.82) is 0 Å². The average molecular weight is 258 g/mol. The number of hydrogen-bond donors (Lipinski definition) is 0. The Morgan fingerprint density at radius 3 is 2.69 bits per heavy atom. The first-order valence-electron chi connectivity index (χ1n) is 4.13. The van der Waals surface area contributed by atoms with E-state index in [1.165, 1.54) is 12.1 Å². The molecule has 0 aliphatic carbocycles. The highest BCUT2D eigenvalue weighted by atomic mass is 32.2. The SMILES string of the molecule is CS(=O)(=O)c1nc2c([N+](=O)[O-])cccc2s1. The maximum atomic E-state index is 11.3. The van der Waals surface area contributed by atoms with Gasteiger partial charge in [-0.25, -0.2) is 13.4 Å². The summed E-state index contributed by atoms with van der Waals surface area (Å²) in [5.74, 6) is 0. The van der Waals surface area contributed by atoms with Gasteiger partial charge in [0.1, 0.15) is 0 Å². The van der Waals surface area contributed by atoms with E-state index in [0.29, 0.717) is 4.70 Å². The number of fused-ring (bicyclic) bond motifs is 1. The van der Waals surface area contributed by atoms with Crippen molar-refractivity contribution in [3.05, 3.63) is 28.3 Å². The number of thiazole rings is 1. The van der Waals surface area contributed by atoms with Crippen molar-refractivity contribution in [2.45, 2.75) is 4.34 Å². The first-order valence-corrected chi connectivity index (χ1v) is 6.84. The minimum absolute atomic E-state index is 0.100. The lowest BCUT2D eigenvalue weighted by Gasteiger charge is -1.90. The van der Waals surface area contributed by atoms with Crippen LogP contribution in [0.4, 0.5) is 5.69 Å². The highest BCUT2D eigenvalue weighted by Gasteiger charge is 2.19. The van der Waals surface area contributed by atoms with Gasteiger partial charge < -0.3 is 0 Å². The van der Waals surface area contributed by atoms with E-state index >= 15 is 0 Å². The number of rotatable bonds is 2. The molecule has 0 saturated heterocycles. The topological polar surface area (TPSA) is 90.2 Å². The Labute approximate surface area is 94.6 Å². The van der Waals surface area contributed by atoms with E-state index in [2.05, 4.69) is 4.98 Å². The maximum absolute atomic E-state index is 11.3. The van der Waals surface area contributed by atoms with Crippen LogP contribution in [0.3, 0.4) is 0 Å². The molecule has 0 saturated carbocycles. The summed E-state index contributed by atoms with van der Waals surface area (Å²) in [5.41, 5.74) is -0.0541. The zero-order valence-corrected chi connectivity index (χ0v) is 9.71. The van der Waals surface area contributed by atoms with E-state index in [-0.39, 0.29) is 15.5 Å². The summed E-state index contributed by atoms with van der Waals surface area (Å²) in [4.78, 5) is 13.9. The summed E-state index contributed by atoms with van der Waals surface area (Å²) in [6.45, 7) is 0. The lowest BCUT2D eigenvalue weighted by atomic mass is 10.3. The van der Waals surface area contributed by atoms with Crippen molar-refractivity contribution in [1.82, 2.24) is 4.98 Å². The minimum atomic E-state index is -3.42. The minimum Gasteiger partial charge on any atom is -0.258 e. The molecule has 0 atom stereocenters. The third-order valence-corrected chi connectivity index (χ3v) is 4.59. The van der Waals surface area contributed by atoms with Crippen LogP contribution in [0, 0.1) is 10.1 Å². The quantitative estimate of drug-likeness (QED) is 0.603. The third-order valence-electron chi connectivity index (χ3n) is 1.89. The highest BCUT2D eigenvalue weighted by molar-refractivity contribution is 7.92.